The molecule has 1 heterocycles. The van der Waals surface area contributed by atoms with E-state index < -0.39 is 0 Å². The number of hydrogen-bond donors (Lipinski definition) is 1. The lowest BCUT2D eigenvalue weighted by Crippen LogP contribution is -2.42. The summed E-state index contributed by atoms with van der Waals surface area (Å²) in [6.07, 6.45) is 3.48. The van der Waals surface area contributed by atoms with Gasteiger partial charge in [0.15, 0.2) is 0 Å². The molecule has 4 heteroatoms. The first-order valence-electron chi connectivity index (χ1n) is 5.79. The third kappa shape index (κ3) is 2.91. The Kier molecular flexibility index (Phi) is 3.93. The highest BCUT2D eigenvalue weighted by atomic mass is 79.9. The molecule has 0 saturated carbocycles. The van der Waals surface area contributed by atoms with E-state index >= 15 is 0 Å². The smallest absolute Gasteiger partial charge is 0.220 e. The van der Waals surface area contributed by atoms with Gasteiger partial charge in [0.1, 0.15) is 0 Å². The lowest BCUT2D eigenvalue weighted by molar-refractivity contribution is -0.119. The Balaban J connectivity index is 2.18. The zero-order valence-corrected chi connectivity index (χ0v) is 12.9. The topological polar surface area (TPSA) is 29.1 Å². The Morgan fingerprint density at radius 3 is 2.65 bits per heavy atom. The minimum absolute atomic E-state index is 0.0373. The van der Waals surface area contributed by atoms with Gasteiger partial charge in [0.05, 0.1) is 0 Å². The Morgan fingerprint density at radius 1 is 1.35 bits per heavy atom. The minimum Gasteiger partial charge on any atom is -0.350 e. The van der Waals surface area contributed by atoms with Crippen molar-refractivity contribution in [3.8, 4) is 0 Å². The molecule has 92 valence electrons. The summed E-state index contributed by atoms with van der Waals surface area (Å²) in [7, 11) is 0. The van der Waals surface area contributed by atoms with Gasteiger partial charge in [0.2, 0.25) is 5.91 Å². The maximum absolute atomic E-state index is 11.4. The molecular formula is C13H15Br2NO. The molecule has 0 spiro atoms. The number of carbonyl (C=O) groups excluding carboxylic acids is 1. The Bertz CT molecular complexity index is 447. The monoisotopic (exact) mass is 359 g/mol. The van der Waals surface area contributed by atoms with Gasteiger partial charge >= 0.3 is 0 Å². The molecule has 17 heavy (non-hydrogen) atoms. The van der Waals surface area contributed by atoms with Crippen LogP contribution in [0, 0.1) is 0 Å². The van der Waals surface area contributed by atoms with Crippen molar-refractivity contribution in [2.45, 2.75) is 38.1 Å². The van der Waals surface area contributed by atoms with Crippen LogP contribution in [0.3, 0.4) is 0 Å². The van der Waals surface area contributed by atoms with Gasteiger partial charge < -0.3 is 5.32 Å². The third-order valence-corrected chi connectivity index (χ3v) is 5.32. The van der Waals surface area contributed by atoms with Crippen LogP contribution in [0.4, 0.5) is 0 Å². The normalized spacial score (nSPS) is 23.8. The number of nitrogens with one attached hydrogen (secondary N) is 1. The number of rotatable bonds is 3. The first kappa shape index (κ1) is 13.1. The molecular weight excluding hydrogens is 346 g/mol. The van der Waals surface area contributed by atoms with E-state index in [0.29, 0.717) is 6.42 Å². The van der Waals surface area contributed by atoms with Crippen LogP contribution in [0.2, 0.25) is 0 Å². The maximum Gasteiger partial charge on any atom is 0.220 e. The average molecular weight is 361 g/mol. The summed E-state index contributed by atoms with van der Waals surface area (Å²) >= 11 is 6.98. The van der Waals surface area contributed by atoms with Crippen LogP contribution >= 0.6 is 31.9 Å². The summed E-state index contributed by atoms with van der Waals surface area (Å²) in [5.41, 5.74) is 1.22. The number of carbonyl (C=O) groups is 1. The van der Waals surface area contributed by atoms with Gasteiger partial charge in [-0.1, -0.05) is 13.0 Å². The van der Waals surface area contributed by atoms with Gasteiger partial charge in [0.25, 0.3) is 0 Å². The molecule has 1 aromatic rings. The summed E-state index contributed by atoms with van der Waals surface area (Å²) in [5, 5.41) is 3.13. The zero-order chi connectivity index (χ0) is 12.5. The van der Waals surface area contributed by atoms with Crippen LogP contribution in [0.25, 0.3) is 0 Å². The lowest BCUT2D eigenvalue weighted by Gasteiger charge is -2.28. The highest BCUT2D eigenvalue weighted by Gasteiger charge is 2.35. The molecule has 1 aliphatic rings. The summed E-state index contributed by atoms with van der Waals surface area (Å²) in [6.45, 7) is 2.14. The highest BCUT2D eigenvalue weighted by molar-refractivity contribution is 9.13. The van der Waals surface area contributed by atoms with Crippen LogP contribution < -0.4 is 5.32 Å². The quantitative estimate of drug-likeness (QED) is 0.872. The molecule has 1 aromatic carbocycles. The largest absolute Gasteiger partial charge is 0.350 e. The molecule has 1 aliphatic heterocycles. The minimum atomic E-state index is -0.0373. The second-order valence-electron chi connectivity index (χ2n) is 4.61. The molecule has 1 saturated heterocycles. The maximum atomic E-state index is 11.4. The van der Waals surface area contributed by atoms with Gasteiger partial charge in [-0.2, -0.15) is 0 Å². The van der Waals surface area contributed by atoms with Gasteiger partial charge in [-0.3, -0.25) is 4.79 Å². The standard InChI is InChI=1S/C13H15Br2NO/c1-2-13(6-5-12(17)16-13)8-9-3-4-10(14)11(15)7-9/h3-4,7H,2,5-6,8H2,1H3,(H,16,17). The van der Waals surface area contributed by atoms with E-state index in [9.17, 15) is 4.79 Å². The van der Waals surface area contributed by atoms with Crippen molar-refractivity contribution in [3.63, 3.8) is 0 Å². The molecule has 1 atom stereocenters. The first-order chi connectivity index (χ1) is 8.04. The van der Waals surface area contributed by atoms with Crippen LogP contribution in [0.15, 0.2) is 27.1 Å². The van der Waals surface area contributed by atoms with E-state index in [4.69, 9.17) is 0 Å². The molecule has 0 bridgehead atoms. The third-order valence-electron chi connectivity index (χ3n) is 3.44. The molecule has 0 aliphatic carbocycles. The van der Waals surface area contributed by atoms with Crippen molar-refractivity contribution in [3.05, 3.63) is 32.7 Å². The first-order valence-corrected chi connectivity index (χ1v) is 7.38. The molecule has 0 aromatic heterocycles. The molecule has 0 radical (unpaired) electrons. The fourth-order valence-electron chi connectivity index (χ4n) is 2.34. The summed E-state index contributed by atoms with van der Waals surface area (Å²) in [6, 6.07) is 6.27. The van der Waals surface area contributed by atoms with E-state index in [-0.39, 0.29) is 11.4 Å². The molecule has 2 nitrogen and oxygen atoms in total. The number of amides is 1. The predicted octanol–water partition coefficient (Wildman–Crippen LogP) is 3.81. The van der Waals surface area contributed by atoms with E-state index in [1.54, 1.807) is 0 Å². The zero-order valence-electron chi connectivity index (χ0n) is 9.72. The Hall–Kier alpha value is -0.350. The summed E-state index contributed by atoms with van der Waals surface area (Å²) in [4.78, 5) is 11.4. The number of benzene rings is 1. The van der Waals surface area contributed by atoms with Gasteiger partial charge in [0, 0.05) is 20.9 Å². The molecule has 1 fully saturated rings. The van der Waals surface area contributed by atoms with Crippen molar-refractivity contribution >= 4 is 37.8 Å². The van der Waals surface area contributed by atoms with E-state index in [1.807, 2.05) is 6.07 Å². The summed E-state index contributed by atoms with van der Waals surface area (Å²) < 4.78 is 2.12. The Labute approximate surface area is 118 Å². The number of hydrogen-bond acceptors (Lipinski definition) is 1. The van der Waals surface area contributed by atoms with Crippen molar-refractivity contribution in [2.24, 2.45) is 0 Å². The molecule has 2 rings (SSSR count). The van der Waals surface area contributed by atoms with Crippen LogP contribution in [-0.2, 0) is 11.2 Å². The lowest BCUT2D eigenvalue weighted by atomic mass is 9.87. The average Bonchev–Trinajstić information content (AvgIpc) is 2.66. The molecule has 1 amide bonds. The SMILES string of the molecule is CCC1(Cc2ccc(Br)c(Br)c2)CCC(=O)N1. The van der Waals surface area contributed by atoms with Crippen LogP contribution in [0.1, 0.15) is 31.7 Å². The van der Waals surface area contributed by atoms with Gasteiger partial charge in [-0.15, -0.1) is 0 Å². The van der Waals surface area contributed by atoms with E-state index in [0.717, 1.165) is 28.2 Å². The van der Waals surface area contributed by atoms with E-state index in [1.165, 1.54) is 5.56 Å². The van der Waals surface area contributed by atoms with Crippen LogP contribution in [-0.4, -0.2) is 11.4 Å². The predicted molar refractivity (Wildman–Crippen MR) is 75.9 cm³/mol. The van der Waals surface area contributed by atoms with Gasteiger partial charge in [-0.05, 0) is 68.8 Å². The highest BCUT2D eigenvalue weighted by Crippen LogP contribution is 2.30. The van der Waals surface area contributed by atoms with Gasteiger partial charge in [-0.25, -0.2) is 0 Å². The molecule has 1 N–H and O–H groups in total. The van der Waals surface area contributed by atoms with Crippen molar-refractivity contribution < 1.29 is 4.79 Å². The molecule has 1 unspecified atom stereocenters. The number of halogens is 2. The fraction of sp³-hybridized carbons (Fsp3) is 0.462. The van der Waals surface area contributed by atoms with Crippen LogP contribution in [0.5, 0.6) is 0 Å². The van der Waals surface area contributed by atoms with Crippen molar-refractivity contribution in [2.75, 3.05) is 0 Å². The fourth-order valence-corrected chi connectivity index (χ4v) is 3.01. The second kappa shape index (κ2) is 5.11. The second-order valence-corrected chi connectivity index (χ2v) is 6.32. The van der Waals surface area contributed by atoms with E-state index in [2.05, 4.69) is 56.2 Å². The Morgan fingerprint density at radius 2 is 2.12 bits per heavy atom. The summed E-state index contributed by atoms with van der Waals surface area (Å²) in [5.74, 6) is 0.183. The van der Waals surface area contributed by atoms with Crippen molar-refractivity contribution in [1.82, 2.24) is 5.32 Å². The van der Waals surface area contributed by atoms with Crippen molar-refractivity contribution in [1.29, 1.82) is 0 Å².